The zero-order chi connectivity index (χ0) is 13.3. The van der Waals surface area contributed by atoms with Crippen molar-refractivity contribution >= 4 is 17.3 Å². The van der Waals surface area contributed by atoms with Gasteiger partial charge in [-0.3, -0.25) is 4.90 Å². The third-order valence-corrected chi connectivity index (χ3v) is 2.95. The van der Waals surface area contributed by atoms with Crippen molar-refractivity contribution in [1.82, 2.24) is 0 Å². The molecule has 1 atom stereocenters. The SMILES string of the molecule is OCCC1COc2ccc(Cl)cc2N1C(F)(F)F. The van der Waals surface area contributed by atoms with Gasteiger partial charge in [-0.2, -0.15) is 13.2 Å². The van der Waals surface area contributed by atoms with Crippen LogP contribution in [0.2, 0.25) is 5.02 Å². The lowest BCUT2D eigenvalue weighted by atomic mass is 10.1. The zero-order valence-corrected chi connectivity index (χ0v) is 10.0. The van der Waals surface area contributed by atoms with E-state index in [1.165, 1.54) is 18.2 Å². The van der Waals surface area contributed by atoms with E-state index < -0.39 is 12.3 Å². The zero-order valence-electron chi connectivity index (χ0n) is 9.25. The first-order chi connectivity index (χ1) is 8.43. The van der Waals surface area contributed by atoms with Gasteiger partial charge in [0.05, 0.1) is 11.7 Å². The molecule has 18 heavy (non-hydrogen) atoms. The number of nitrogens with zero attached hydrogens (tertiary/aromatic N) is 1. The molecule has 1 aliphatic heterocycles. The second-order valence-corrected chi connectivity index (χ2v) is 4.36. The molecule has 1 aromatic carbocycles. The highest BCUT2D eigenvalue weighted by atomic mass is 35.5. The molecule has 1 heterocycles. The Morgan fingerprint density at radius 3 is 2.78 bits per heavy atom. The lowest BCUT2D eigenvalue weighted by Crippen LogP contribution is -2.51. The first-order valence-electron chi connectivity index (χ1n) is 5.32. The molecule has 0 saturated heterocycles. The molecule has 3 nitrogen and oxygen atoms in total. The van der Waals surface area contributed by atoms with Gasteiger partial charge < -0.3 is 9.84 Å². The summed E-state index contributed by atoms with van der Waals surface area (Å²) in [6.45, 7) is -0.453. The average Bonchev–Trinajstić information content (AvgIpc) is 2.27. The number of benzene rings is 1. The molecule has 2 rings (SSSR count). The highest BCUT2D eigenvalue weighted by Gasteiger charge is 2.45. The van der Waals surface area contributed by atoms with Crippen LogP contribution in [-0.2, 0) is 0 Å². The fourth-order valence-corrected chi connectivity index (χ4v) is 2.13. The normalized spacial score (nSPS) is 19.4. The van der Waals surface area contributed by atoms with E-state index in [1.807, 2.05) is 0 Å². The summed E-state index contributed by atoms with van der Waals surface area (Å²) in [4.78, 5) is 0.300. The summed E-state index contributed by atoms with van der Waals surface area (Å²) in [5, 5.41) is 9.03. The fourth-order valence-electron chi connectivity index (χ4n) is 1.96. The van der Waals surface area contributed by atoms with Crippen LogP contribution in [0.3, 0.4) is 0 Å². The number of hydrogen-bond donors (Lipinski definition) is 1. The van der Waals surface area contributed by atoms with E-state index in [2.05, 4.69) is 0 Å². The van der Waals surface area contributed by atoms with Gasteiger partial charge in [0.15, 0.2) is 0 Å². The van der Waals surface area contributed by atoms with Gasteiger partial charge in [-0.05, 0) is 24.6 Å². The van der Waals surface area contributed by atoms with Crippen LogP contribution in [0.15, 0.2) is 18.2 Å². The highest BCUT2D eigenvalue weighted by molar-refractivity contribution is 6.31. The van der Waals surface area contributed by atoms with Crippen LogP contribution < -0.4 is 9.64 Å². The van der Waals surface area contributed by atoms with E-state index >= 15 is 0 Å². The maximum Gasteiger partial charge on any atom is 0.485 e. The van der Waals surface area contributed by atoms with Crippen molar-refractivity contribution in [3.05, 3.63) is 23.2 Å². The Bertz CT molecular complexity index is 439. The molecule has 0 aromatic heterocycles. The summed E-state index contributed by atoms with van der Waals surface area (Å²) in [6, 6.07) is 3.15. The van der Waals surface area contributed by atoms with Crippen LogP contribution in [0.25, 0.3) is 0 Å². The Morgan fingerprint density at radius 1 is 1.44 bits per heavy atom. The molecule has 0 fully saturated rings. The Balaban J connectivity index is 2.44. The monoisotopic (exact) mass is 281 g/mol. The van der Waals surface area contributed by atoms with E-state index in [9.17, 15) is 13.2 Å². The third-order valence-electron chi connectivity index (χ3n) is 2.71. The highest BCUT2D eigenvalue weighted by Crippen LogP contribution is 2.42. The fraction of sp³-hybridized carbons (Fsp3) is 0.455. The molecule has 0 spiro atoms. The van der Waals surface area contributed by atoms with Crippen LogP contribution in [0.5, 0.6) is 5.75 Å². The molecule has 100 valence electrons. The first kappa shape index (κ1) is 13.3. The van der Waals surface area contributed by atoms with Crippen molar-refractivity contribution in [2.45, 2.75) is 18.8 Å². The number of halogens is 4. The van der Waals surface area contributed by atoms with Crippen LogP contribution in [0.4, 0.5) is 18.9 Å². The second kappa shape index (κ2) is 4.85. The summed E-state index contributed by atoms with van der Waals surface area (Å²) in [6.07, 6.45) is -4.56. The second-order valence-electron chi connectivity index (χ2n) is 3.93. The Kier molecular flexibility index (Phi) is 3.59. The van der Waals surface area contributed by atoms with Crippen molar-refractivity contribution in [2.75, 3.05) is 18.1 Å². The van der Waals surface area contributed by atoms with Gasteiger partial charge in [-0.1, -0.05) is 11.6 Å². The van der Waals surface area contributed by atoms with E-state index in [0.717, 1.165) is 0 Å². The molecule has 0 bridgehead atoms. The number of anilines is 1. The number of aliphatic hydroxyl groups is 1. The largest absolute Gasteiger partial charge is 0.489 e. The maximum atomic E-state index is 13.1. The van der Waals surface area contributed by atoms with Crippen molar-refractivity contribution in [3.63, 3.8) is 0 Å². The molecule has 1 aliphatic rings. The molecular formula is C11H11ClF3NO2. The van der Waals surface area contributed by atoms with E-state index in [-0.39, 0.29) is 36.1 Å². The number of hydrogen-bond acceptors (Lipinski definition) is 3. The van der Waals surface area contributed by atoms with Crippen LogP contribution in [0.1, 0.15) is 6.42 Å². The van der Waals surface area contributed by atoms with E-state index in [0.29, 0.717) is 4.90 Å². The molecular weight excluding hydrogens is 271 g/mol. The molecule has 1 aromatic rings. The number of aliphatic hydroxyl groups excluding tert-OH is 1. The van der Waals surface area contributed by atoms with E-state index in [1.54, 1.807) is 0 Å². The van der Waals surface area contributed by atoms with Gasteiger partial charge in [0, 0.05) is 11.6 Å². The molecule has 0 saturated carbocycles. The van der Waals surface area contributed by atoms with Crippen molar-refractivity contribution in [3.8, 4) is 5.75 Å². The summed E-state index contributed by atoms with van der Waals surface area (Å²) in [5.74, 6) is 0.144. The predicted molar refractivity (Wildman–Crippen MR) is 61.0 cm³/mol. The van der Waals surface area contributed by atoms with E-state index in [4.69, 9.17) is 21.4 Å². The summed E-state index contributed by atoms with van der Waals surface area (Å²) in [7, 11) is 0. The number of fused-ring (bicyclic) bond motifs is 1. The average molecular weight is 282 g/mol. The van der Waals surface area contributed by atoms with Gasteiger partial charge in [0.2, 0.25) is 0 Å². The summed E-state index contributed by atoms with van der Waals surface area (Å²) < 4.78 is 44.5. The van der Waals surface area contributed by atoms with Crippen molar-refractivity contribution in [1.29, 1.82) is 0 Å². The minimum atomic E-state index is -4.54. The summed E-state index contributed by atoms with van der Waals surface area (Å²) in [5.41, 5.74) is -0.111. The van der Waals surface area contributed by atoms with Gasteiger partial charge >= 0.3 is 6.30 Å². The minimum absolute atomic E-state index is 0.0224. The minimum Gasteiger partial charge on any atom is -0.489 e. The molecule has 1 unspecified atom stereocenters. The standard InChI is InChI=1S/C11H11ClF3NO2/c12-7-1-2-10-9(5-7)16(11(13,14)15)8(3-4-17)6-18-10/h1-2,5,8,17H,3-4,6H2. The smallest absolute Gasteiger partial charge is 0.485 e. The lowest BCUT2D eigenvalue weighted by Gasteiger charge is -2.39. The van der Waals surface area contributed by atoms with Crippen LogP contribution in [0, 0.1) is 0 Å². The number of rotatable bonds is 2. The quantitative estimate of drug-likeness (QED) is 0.846. The summed E-state index contributed by atoms with van der Waals surface area (Å²) >= 11 is 5.72. The van der Waals surface area contributed by atoms with Crippen molar-refractivity contribution in [2.24, 2.45) is 0 Å². The van der Waals surface area contributed by atoms with Crippen LogP contribution >= 0.6 is 11.6 Å². The molecule has 0 radical (unpaired) electrons. The van der Waals surface area contributed by atoms with Gasteiger partial charge in [0.25, 0.3) is 0 Å². The van der Waals surface area contributed by atoms with Crippen molar-refractivity contribution < 1.29 is 23.0 Å². The topological polar surface area (TPSA) is 32.7 Å². The Morgan fingerprint density at radius 2 is 2.17 bits per heavy atom. The molecule has 0 amide bonds. The Labute approximate surface area is 107 Å². The van der Waals surface area contributed by atoms with Gasteiger partial charge in [0.1, 0.15) is 12.4 Å². The van der Waals surface area contributed by atoms with Crippen LogP contribution in [-0.4, -0.2) is 30.7 Å². The first-order valence-corrected chi connectivity index (χ1v) is 5.70. The number of alkyl halides is 3. The predicted octanol–water partition coefficient (Wildman–Crippen LogP) is 2.81. The lowest BCUT2D eigenvalue weighted by molar-refractivity contribution is -0.139. The third kappa shape index (κ3) is 2.49. The molecule has 1 N–H and O–H groups in total. The molecule has 7 heteroatoms. The maximum absolute atomic E-state index is 13.1. The van der Waals surface area contributed by atoms with Gasteiger partial charge in [-0.15, -0.1) is 0 Å². The Hall–Kier alpha value is -1.14. The van der Waals surface area contributed by atoms with Gasteiger partial charge in [-0.25, -0.2) is 0 Å². The molecule has 0 aliphatic carbocycles. The number of ether oxygens (including phenoxy) is 1.